The second-order valence-corrected chi connectivity index (χ2v) is 12.5. The fraction of sp³-hybridized carbons (Fsp3) is 0. The van der Waals surface area contributed by atoms with Crippen molar-refractivity contribution in [2.45, 2.75) is 9.79 Å². The minimum Gasteiger partial charge on any atom is -0.744 e. The molecule has 231 valence electrons. The van der Waals surface area contributed by atoms with Gasteiger partial charge in [-0.1, -0.05) is 46.4 Å². The summed E-state index contributed by atoms with van der Waals surface area (Å²) in [6, 6.07) is 15.6. The van der Waals surface area contributed by atoms with E-state index in [2.05, 4.69) is 9.98 Å². The molecule has 45 heavy (non-hydrogen) atoms. The number of hydrogen-bond acceptors (Lipinski definition) is 10. The maximum atomic E-state index is 10.9. The van der Waals surface area contributed by atoms with Gasteiger partial charge in [0.15, 0.2) is 0 Å². The molecule has 0 aliphatic heterocycles. The predicted octanol–water partition coefficient (Wildman–Crippen LogP) is 0.713. The van der Waals surface area contributed by atoms with E-state index in [-0.39, 0.29) is 98.8 Å². The second-order valence-electron chi connectivity index (χ2n) is 8.06. The van der Waals surface area contributed by atoms with E-state index in [1.165, 1.54) is 24.6 Å². The number of phenols is 2. The molecule has 19 heteroatoms. The Labute approximate surface area is 334 Å². The van der Waals surface area contributed by atoms with Crippen LogP contribution < -0.4 is 59.1 Å². The molecule has 4 rings (SSSR count). The molecule has 2 N–H and O–H groups in total. The fourth-order valence-corrected chi connectivity index (χ4v) is 4.96. The topological polar surface area (TPSA) is 180 Å². The van der Waals surface area contributed by atoms with Crippen LogP contribution in [0.3, 0.4) is 0 Å². The smallest absolute Gasteiger partial charge is 0.744 e. The van der Waals surface area contributed by atoms with Crippen molar-refractivity contribution in [3.8, 4) is 11.5 Å². The van der Waals surface area contributed by atoms with E-state index in [1.807, 2.05) is 0 Å². The van der Waals surface area contributed by atoms with E-state index in [1.54, 1.807) is 24.3 Å². The minimum atomic E-state index is -4.61. The van der Waals surface area contributed by atoms with Crippen LogP contribution in [0.15, 0.2) is 92.6 Å². The van der Waals surface area contributed by atoms with Crippen molar-refractivity contribution < 1.29 is 112 Å². The fourth-order valence-electron chi connectivity index (χ4n) is 3.03. The maximum absolute atomic E-state index is 10.9. The van der Waals surface area contributed by atoms with Gasteiger partial charge in [-0.05, 0) is 72.8 Å². The number of benzene rings is 4. The predicted molar refractivity (Wildman–Crippen MR) is 160 cm³/mol. The molecule has 0 saturated heterocycles. The van der Waals surface area contributed by atoms with Crippen molar-refractivity contribution in [1.29, 1.82) is 0 Å². The Morgan fingerprint density at radius 1 is 0.578 bits per heavy atom. The molecule has 1 radical (unpaired) electrons. The summed E-state index contributed by atoms with van der Waals surface area (Å²) in [6.07, 6.45) is 2.41. The van der Waals surface area contributed by atoms with Crippen LogP contribution in [0.1, 0.15) is 11.1 Å². The molecule has 0 atom stereocenters. The molecule has 0 spiro atoms. The zero-order valence-electron chi connectivity index (χ0n) is 23.0. The average Bonchev–Trinajstić information content (AvgIpc) is 2.88. The Morgan fingerprint density at radius 3 is 1.20 bits per heavy atom. The molecular weight excluding hydrogens is 784 g/mol. The Hall–Kier alpha value is -0.681. The zero-order chi connectivity index (χ0) is 31.2. The molecule has 0 aromatic heterocycles. The third-order valence-corrected chi connectivity index (χ3v) is 7.82. The SMILES string of the molecule is O=S(=O)([O-])c1ccc(O)c(C=Nc2ccc(Cl)cc2Cl)c1.O=S(=O)([O-])c1ccc(O)c(C=Nc2ccc(Cl)cc2Cl)c1.[Cu].[Na+].[Na+]. The number of hydrogen-bond donors (Lipinski definition) is 2. The van der Waals surface area contributed by atoms with Crippen molar-refractivity contribution in [1.82, 2.24) is 0 Å². The van der Waals surface area contributed by atoms with Gasteiger partial charge in [-0.25, -0.2) is 16.8 Å². The first-order valence-electron chi connectivity index (χ1n) is 11.1. The summed E-state index contributed by atoms with van der Waals surface area (Å²) >= 11 is 23.4. The molecule has 0 amide bonds. The largest absolute Gasteiger partial charge is 1.00 e. The summed E-state index contributed by atoms with van der Waals surface area (Å²) in [6.45, 7) is 0. The molecule has 4 aromatic rings. The van der Waals surface area contributed by atoms with E-state index in [0.717, 1.165) is 36.4 Å². The molecule has 0 unspecified atom stereocenters. The summed E-state index contributed by atoms with van der Waals surface area (Å²) in [5.74, 6) is -0.424. The van der Waals surface area contributed by atoms with E-state index < -0.39 is 30.0 Å². The van der Waals surface area contributed by atoms with Gasteiger partial charge in [0.2, 0.25) is 0 Å². The number of nitrogens with zero attached hydrogens (tertiary/aromatic N) is 2. The van der Waals surface area contributed by atoms with E-state index in [4.69, 9.17) is 46.4 Å². The summed E-state index contributed by atoms with van der Waals surface area (Å²) in [5.41, 5.74) is 0.933. The molecule has 0 fully saturated rings. The average molecular weight is 800 g/mol. The van der Waals surface area contributed by atoms with Crippen molar-refractivity contribution in [2.24, 2.45) is 9.98 Å². The van der Waals surface area contributed by atoms with Gasteiger partial charge in [0.1, 0.15) is 31.7 Å². The van der Waals surface area contributed by atoms with E-state index in [9.17, 15) is 36.2 Å². The molecule has 4 aromatic carbocycles. The van der Waals surface area contributed by atoms with E-state index in [0.29, 0.717) is 31.5 Å². The van der Waals surface area contributed by atoms with Gasteiger partial charge in [0.25, 0.3) is 0 Å². The molecule has 0 aliphatic rings. The van der Waals surface area contributed by atoms with Crippen LogP contribution in [0.4, 0.5) is 11.4 Å². The van der Waals surface area contributed by atoms with Crippen LogP contribution >= 0.6 is 46.4 Å². The molecular formula is C26H16Cl4CuN2Na2O8S2. The summed E-state index contributed by atoms with van der Waals surface area (Å²) in [5, 5.41) is 20.8. The van der Waals surface area contributed by atoms with Crippen LogP contribution in [0.5, 0.6) is 11.5 Å². The number of rotatable bonds is 6. The van der Waals surface area contributed by atoms with Crippen LogP contribution in [-0.4, -0.2) is 48.6 Å². The van der Waals surface area contributed by atoms with Crippen molar-refractivity contribution >= 4 is 90.4 Å². The monoisotopic (exact) mass is 797 g/mol. The molecule has 0 heterocycles. The molecule has 10 nitrogen and oxygen atoms in total. The summed E-state index contributed by atoms with van der Waals surface area (Å²) < 4.78 is 65.7. The standard InChI is InChI=1S/2C13H9Cl2NO4S.Cu.2Na/c2*14-9-1-3-12(11(15)6-9)16-7-8-5-10(21(18,19)20)2-4-13(8)17;;;/h2*1-7,17H,(H,18,19,20);;;/q;;;2*+1/p-2. The third kappa shape index (κ3) is 13.8. The normalized spacial score (nSPS) is 11.2. The Balaban J connectivity index is 0.000000807. The molecule has 0 aliphatic carbocycles. The first kappa shape index (κ1) is 44.3. The first-order chi connectivity index (χ1) is 19.5. The van der Waals surface area contributed by atoms with Crippen LogP contribution in [-0.2, 0) is 37.3 Å². The zero-order valence-corrected chi connectivity index (χ0v) is 32.5. The van der Waals surface area contributed by atoms with Gasteiger partial charge in [-0.15, -0.1) is 0 Å². The number of halogens is 4. The van der Waals surface area contributed by atoms with Crippen LogP contribution in [0.25, 0.3) is 0 Å². The Morgan fingerprint density at radius 2 is 0.911 bits per heavy atom. The van der Waals surface area contributed by atoms with Gasteiger partial charge < -0.3 is 19.3 Å². The second kappa shape index (κ2) is 19.4. The number of aromatic hydroxyl groups is 2. The quantitative estimate of drug-likeness (QED) is 0.163. The van der Waals surface area contributed by atoms with Crippen LogP contribution in [0.2, 0.25) is 20.1 Å². The van der Waals surface area contributed by atoms with Gasteiger partial charge in [0, 0.05) is 50.7 Å². The van der Waals surface area contributed by atoms with Crippen molar-refractivity contribution in [2.75, 3.05) is 0 Å². The first-order valence-corrected chi connectivity index (χ1v) is 15.4. The van der Waals surface area contributed by atoms with Crippen LogP contribution in [0, 0.1) is 0 Å². The molecule has 0 saturated carbocycles. The maximum Gasteiger partial charge on any atom is 1.00 e. The summed E-state index contributed by atoms with van der Waals surface area (Å²) in [7, 11) is -9.21. The van der Waals surface area contributed by atoms with Crippen molar-refractivity contribution in [3.05, 3.63) is 104 Å². The van der Waals surface area contributed by atoms with Gasteiger partial charge >= 0.3 is 59.1 Å². The number of aliphatic imine (C=N–C) groups is 2. The van der Waals surface area contributed by atoms with Gasteiger partial charge in [-0.3, -0.25) is 9.98 Å². The Kier molecular flexibility index (Phi) is 19.1. The van der Waals surface area contributed by atoms with Crippen molar-refractivity contribution in [3.63, 3.8) is 0 Å². The van der Waals surface area contributed by atoms with Gasteiger partial charge in [-0.2, -0.15) is 0 Å². The summed E-state index contributed by atoms with van der Waals surface area (Å²) in [4.78, 5) is 7.15. The Bertz CT molecular complexity index is 1800. The van der Waals surface area contributed by atoms with E-state index >= 15 is 0 Å². The third-order valence-electron chi connectivity index (χ3n) is 5.08. The number of phenolic OH excluding ortho intramolecular Hbond substituents is 2. The molecule has 0 bridgehead atoms. The minimum absolute atomic E-state index is 0. The van der Waals surface area contributed by atoms with Gasteiger partial charge in [0.05, 0.1) is 31.2 Å².